The van der Waals surface area contributed by atoms with Crippen molar-refractivity contribution in [1.29, 1.82) is 0 Å². The Bertz CT molecular complexity index is 456. The molecular formula is C17H25NOSi. The Morgan fingerprint density at radius 2 is 1.80 bits per heavy atom. The molecule has 0 aliphatic heterocycles. The van der Waals surface area contributed by atoms with Gasteiger partial charge < -0.3 is 0 Å². The smallest absolute Gasteiger partial charge is 0.278 e. The second-order valence-electron chi connectivity index (χ2n) is 4.60. The highest BCUT2D eigenvalue weighted by Gasteiger charge is 2.24. The number of Topliss-reactive ketones (excluding diaryl/α,β-unsaturated/α-hetero) is 1. The van der Waals surface area contributed by atoms with Crippen LogP contribution in [0.5, 0.6) is 0 Å². The summed E-state index contributed by atoms with van der Waals surface area (Å²) >= 11 is 0. The number of carbonyl (C=O) groups is 1. The van der Waals surface area contributed by atoms with Crippen molar-refractivity contribution < 1.29 is 4.79 Å². The molecule has 20 heavy (non-hydrogen) atoms. The van der Waals surface area contributed by atoms with E-state index in [1.807, 2.05) is 12.2 Å². The maximum absolute atomic E-state index is 11.6. The zero-order valence-corrected chi connectivity index (χ0v) is 14.1. The van der Waals surface area contributed by atoms with Gasteiger partial charge in [0.1, 0.15) is 8.07 Å². The fourth-order valence-electron chi connectivity index (χ4n) is 1.78. The van der Waals surface area contributed by atoms with Crippen LogP contribution in [-0.2, 0) is 4.79 Å². The molecule has 0 aromatic heterocycles. The molecule has 0 aliphatic rings. The molecule has 0 radical (unpaired) electrons. The molecule has 0 amide bonds. The first-order chi connectivity index (χ1) is 9.64. The molecule has 0 heterocycles. The second kappa shape index (κ2) is 11.3. The monoisotopic (exact) mass is 287 g/mol. The number of ketones is 1. The third-order valence-electron chi connectivity index (χ3n) is 3.48. The van der Waals surface area contributed by atoms with Gasteiger partial charge in [0.05, 0.1) is 0 Å². The average Bonchev–Trinajstić information content (AvgIpc) is 2.48. The van der Waals surface area contributed by atoms with Gasteiger partial charge in [0, 0.05) is 19.7 Å². The van der Waals surface area contributed by atoms with E-state index < -0.39 is 8.07 Å². The van der Waals surface area contributed by atoms with Crippen molar-refractivity contribution >= 4 is 20.1 Å². The van der Waals surface area contributed by atoms with E-state index in [2.05, 4.69) is 49.1 Å². The minimum Gasteiger partial charge on any atom is -0.297 e. The van der Waals surface area contributed by atoms with Gasteiger partial charge in [0.15, 0.2) is 0 Å². The number of allylic oxidation sites excluding steroid dienone is 2. The lowest BCUT2D eigenvalue weighted by Gasteiger charge is -2.19. The number of hydrogen-bond acceptors (Lipinski definition) is 2. The van der Waals surface area contributed by atoms with Crippen molar-refractivity contribution in [3.8, 4) is 23.3 Å². The molecule has 0 aliphatic carbocycles. The number of aliphatic imine (C=N–C) groups is 1. The van der Waals surface area contributed by atoms with Crippen LogP contribution in [0.25, 0.3) is 0 Å². The van der Waals surface area contributed by atoms with E-state index in [1.165, 1.54) is 0 Å². The van der Waals surface area contributed by atoms with Gasteiger partial charge in [-0.3, -0.25) is 9.79 Å². The first-order valence-electron chi connectivity index (χ1n) is 7.27. The summed E-state index contributed by atoms with van der Waals surface area (Å²) in [5.41, 5.74) is 3.26. The lowest BCUT2D eigenvalue weighted by atomic mass is 10.3. The van der Waals surface area contributed by atoms with Crippen LogP contribution in [-0.4, -0.2) is 27.1 Å². The van der Waals surface area contributed by atoms with Gasteiger partial charge in [-0.05, 0) is 42.5 Å². The zero-order valence-electron chi connectivity index (χ0n) is 13.1. The number of rotatable bonds is 6. The maximum Gasteiger partial charge on any atom is 0.278 e. The highest BCUT2D eigenvalue weighted by Crippen LogP contribution is 2.18. The summed E-state index contributed by atoms with van der Waals surface area (Å²) in [5, 5.41) is 0. The van der Waals surface area contributed by atoms with Gasteiger partial charge in [0.25, 0.3) is 5.78 Å². The zero-order chi connectivity index (χ0) is 15.3. The van der Waals surface area contributed by atoms with E-state index in [4.69, 9.17) is 0 Å². The summed E-state index contributed by atoms with van der Waals surface area (Å²) in [7, 11) is 0.205. The fraction of sp³-hybridized carbons (Fsp3) is 0.529. The molecule has 0 bridgehead atoms. The van der Waals surface area contributed by atoms with E-state index >= 15 is 0 Å². The highest BCUT2D eigenvalue weighted by atomic mass is 28.3. The molecule has 0 atom stereocenters. The Morgan fingerprint density at radius 1 is 1.15 bits per heavy atom. The normalized spacial score (nSPS) is 11.0. The third-order valence-corrected chi connectivity index (χ3v) is 8.20. The first kappa shape index (κ1) is 18.4. The quantitative estimate of drug-likeness (QED) is 0.241. The van der Waals surface area contributed by atoms with Gasteiger partial charge >= 0.3 is 0 Å². The lowest BCUT2D eigenvalue weighted by Crippen LogP contribution is -2.29. The van der Waals surface area contributed by atoms with Crippen LogP contribution < -0.4 is 0 Å². The topological polar surface area (TPSA) is 29.4 Å². The van der Waals surface area contributed by atoms with Gasteiger partial charge in [-0.1, -0.05) is 32.8 Å². The SMILES string of the molecule is CC[Si](C#CC(=O)C#CCC/C=C\C=NC)(CC)CC. The van der Waals surface area contributed by atoms with Crippen LogP contribution in [0.3, 0.4) is 0 Å². The van der Waals surface area contributed by atoms with Gasteiger partial charge in [-0.2, -0.15) is 0 Å². The van der Waals surface area contributed by atoms with Crippen LogP contribution in [0, 0.1) is 23.3 Å². The Labute approximate surface area is 124 Å². The molecule has 0 spiro atoms. The van der Waals surface area contributed by atoms with Crippen molar-refractivity contribution in [2.45, 2.75) is 51.7 Å². The third kappa shape index (κ3) is 7.76. The van der Waals surface area contributed by atoms with Crippen molar-refractivity contribution in [3.63, 3.8) is 0 Å². The molecule has 108 valence electrons. The molecule has 2 nitrogen and oxygen atoms in total. The predicted octanol–water partition coefficient (Wildman–Crippen LogP) is 3.65. The van der Waals surface area contributed by atoms with Gasteiger partial charge in [-0.15, -0.1) is 5.54 Å². The standard InChI is InChI=1S/C17H25NOSi/c1-5-20(6-2,7-3)16-14-17(19)13-11-9-8-10-12-15-18-4/h10,12,15H,5-9H2,1-4H3/b12-10-,18-15?. The second-order valence-corrected chi connectivity index (χ2v) is 9.53. The molecule has 0 fully saturated rings. The Kier molecular flexibility index (Phi) is 10.4. The maximum atomic E-state index is 11.6. The van der Waals surface area contributed by atoms with Gasteiger partial charge in [-0.25, -0.2) is 0 Å². The summed E-state index contributed by atoms with van der Waals surface area (Å²) in [6.45, 7) is 6.53. The summed E-state index contributed by atoms with van der Waals surface area (Å²) in [6.07, 6.45) is 7.11. The fourth-order valence-corrected chi connectivity index (χ4v) is 4.19. The molecule has 0 unspecified atom stereocenters. The average molecular weight is 287 g/mol. The van der Waals surface area contributed by atoms with Crippen molar-refractivity contribution in [1.82, 2.24) is 0 Å². The van der Waals surface area contributed by atoms with Gasteiger partial charge in [0.2, 0.25) is 0 Å². The summed E-state index contributed by atoms with van der Waals surface area (Å²) in [4.78, 5) is 15.4. The Morgan fingerprint density at radius 3 is 2.35 bits per heavy atom. The summed E-state index contributed by atoms with van der Waals surface area (Å²) in [5.74, 6) is 7.99. The Balaban J connectivity index is 4.38. The summed E-state index contributed by atoms with van der Waals surface area (Å²) < 4.78 is 0. The van der Waals surface area contributed by atoms with Crippen LogP contribution in [0.4, 0.5) is 0 Å². The van der Waals surface area contributed by atoms with Crippen molar-refractivity contribution in [2.75, 3.05) is 7.05 Å². The number of carbonyl (C=O) groups excluding carboxylic acids is 1. The van der Waals surface area contributed by atoms with E-state index in [0.29, 0.717) is 6.42 Å². The minimum atomic E-state index is -1.53. The molecule has 0 aromatic rings. The number of hydrogen-bond donors (Lipinski definition) is 0. The molecule has 0 saturated carbocycles. The first-order valence-corrected chi connectivity index (χ1v) is 9.89. The lowest BCUT2D eigenvalue weighted by molar-refractivity contribution is -0.108. The molecule has 0 aromatic carbocycles. The summed E-state index contributed by atoms with van der Waals surface area (Å²) in [6, 6.07) is 3.33. The van der Waals surface area contributed by atoms with E-state index in [0.717, 1.165) is 24.6 Å². The van der Waals surface area contributed by atoms with E-state index in [-0.39, 0.29) is 5.78 Å². The molecular weight excluding hydrogens is 262 g/mol. The predicted molar refractivity (Wildman–Crippen MR) is 90.5 cm³/mol. The van der Waals surface area contributed by atoms with Crippen LogP contribution >= 0.6 is 0 Å². The largest absolute Gasteiger partial charge is 0.297 e. The number of nitrogens with zero attached hydrogens (tertiary/aromatic N) is 1. The molecule has 0 rings (SSSR count). The van der Waals surface area contributed by atoms with Crippen LogP contribution in [0.15, 0.2) is 17.1 Å². The van der Waals surface area contributed by atoms with Crippen molar-refractivity contribution in [3.05, 3.63) is 12.2 Å². The molecule has 0 N–H and O–H groups in total. The van der Waals surface area contributed by atoms with Crippen LogP contribution in [0.1, 0.15) is 33.6 Å². The van der Waals surface area contributed by atoms with Crippen molar-refractivity contribution in [2.24, 2.45) is 4.99 Å². The number of unbranched alkanes of at least 4 members (excludes halogenated alkanes) is 1. The van der Waals surface area contributed by atoms with E-state index in [1.54, 1.807) is 13.3 Å². The van der Waals surface area contributed by atoms with E-state index in [9.17, 15) is 4.79 Å². The highest BCUT2D eigenvalue weighted by molar-refractivity contribution is 6.87. The molecule has 3 heteroatoms. The molecule has 0 saturated heterocycles. The Hall–Kier alpha value is -1.58. The van der Waals surface area contributed by atoms with Crippen LogP contribution in [0.2, 0.25) is 18.1 Å². The minimum absolute atomic E-state index is 0.240.